The van der Waals surface area contributed by atoms with Crippen LogP contribution in [-0.4, -0.2) is 23.9 Å². The van der Waals surface area contributed by atoms with Gasteiger partial charge in [0.2, 0.25) is 0 Å². The van der Waals surface area contributed by atoms with Crippen molar-refractivity contribution in [2.75, 3.05) is 0 Å². The molecule has 0 radical (unpaired) electrons. The van der Waals surface area contributed by atoms with Crippen LogP contribution in [0.1, 0.15) is 0 Å². The molecule has 3 saturated heterocycles. The summed E-state index contributed by atoms with van der Waals surface area (Å²) in [5, 5.41) is 0. The van der Waals surface area contributed by atoms with Crippen molar-refractivity contribution in [3.8, 4) is 0 Å². The average Bonchev–Trinajstić information content (AvgIpc) is 1.98. The topological polar surface area (TPSA) is 86.7 Å². The van der Waals surface area contributed by atoms with Gasteiger partial charge in [0, 0.05) is 0 Å². The summed E-state index contributed by atoms with van der Waals surface area (Å²) in [5.74, 6) is -6.26. The molecule has 3 heterocycles. The second kappa shape index (κ2) is 2.02. The monoisotopic (exact) mass is 196 g/mol. The summed E-state index contributed by atoms with van der Waals surface area (Å²) in [6.07, 6.45) is 0. The normalized spacial score (nSPS) is 44.0. The Hall–Kier alpha value is -1.72. The van der Waals surface area contributed by atoms with E-state index < -0.39 is 47.5 Å². The highest BCUT2D eigenvalue weighted by Crippen LogP contribution is 2.54. The molecule has 0 N–H and O–H groups in total. The van der Waals surface area contributed by atoms with Crippen LogP contribution < -0.4 is 0 Å². The molecular formula is C8H4O6. The van der Waals surface area contributed by atoms with Gasteiger partial charge in [-0.15, -0.1) is 0 Å². The molecule has 72 valence electrons. The number of carbonyl (C=O) groups is 4. The summed E-state index contributed by atoms with van der Waals surface area (Å²) in [4.78, 5) is 44.6. The van der Waals surface area contributed by atoms with Crippen LogP contribution in [0.5, 0.6) is 0 Å². The predicted molar refractivity (Wildman–Crippen MR) is 36.2 cm³/mol. The molecule has 4 fully saturated rings. The first-order valence-corrected chi connectivity index (χ1v) is 4.12. The number of hydrogen-bond acceptors (Lipinski definition) is 6. The van der Waals surface area contributed by atoms with Crippen LogP contribution >= 0.6 is 0 Å². The summed E-state index contributed by atoms with van der Waals surface area (Å²) >= 11 is 0. The molecule has 0 spiro atoms. The van der Waals surface area contributed by atoms with Crippen LogP contribution in [0, 0.1) is 23.7 Å². The van der Waals surface area contributed by atoms with Crippen LogP contribution in [0.3, 0.4) is 0 Å². The highest BCUT2D eigenvalue weighted by Gasteiger charge is 2.72. The molecule has 1 aliphatic carbocycles. The van der Waals surface area contributed by atoms with Gasteiger partial charge < -0.3 is 9.47 Å². The average molecular weight is 196 g/mol. The van der Waals surface area contributed by atoms with Crippen LogP contribution in [0.2, 0.25) is 0 Å². The van der Waals surface area contributed by atoms with Crippen molar-refractivity contribution in [3.63, 3.8) is 0 Å². The van der Waals surface area contributed by atoms with Gasteiger partial charge in [0.05, 0.1) is 23.7 Å². The third-order valence-corrected chi connectivity index (χ3v) is 3.04. The zero-order valence-electron chi connectivity index (χ0n) is 6.76. The molecule has 0 aromatic rings. The number of hydrogen-bond donors (Lipinski definition) is 0. The van der Waals surface area contributed by atoms with E-state index in [0.29, 0.717) is 0 Å². The van der Waals surface area contributed by atoms with E-state index in [1.54, 1.807) is 0 Å². The van der Waals surface area contributed by atoms with E-state index >= 15 is 0 Å². The summed E-state index contributed by atoms with van der Waals surface area (Å²) in [5.41, 5.74) is 0. The molecule has 4 rings (SSSR count). The molecular weight excluding hydrogens is 192 g/mol. The van der Waals surface area contributed by atoms with E-state index in [1.165, 1.54) is 0 Å². The van der Waals surface area contributed by atoms with Gasteiger partial charge in [0.1, 0.15) is 0 Å². The van der Waals surface area contributed by atoms with Gasteiger partial charge in [0.25, 0.3) is 0 Å². The largest absolute Gasteiger partial charge is 0.393 e. The lowest BCUT2D eigenvalue weighted by molar-refractivity contribution is -0.227. The van der Waals surface area contributed by atoms with E-state index in [4.69, 9.17) is 0 Å². The molecule has 6 heteroatoms. The number of ether oxygens (including phenoxy) is 2. The van der Waals surface area contributed by atoms with E-state index in [2.05, 4.69) is 9.47 Å². The predicted octanol–water partition coefficient (Wildman–Crippen LogP) is -1.37. The minimum atomic E-state index is -0.786. The van der Waals surface area contributed by atoms with E-state index in [0.717, 1.165) is 0 Å². The summed E-state index contributed by atoms with van der Waals surface area (Å²) in [6.45, 7) is 0. The minimum absolute atomic E-state index is 0.780. The Labute approximate surface area is 77.1 Å². The zero-order valence-corrected chi connectivity index (χ0v) is 6.76. The van der Waals surface area contributed by atoms with Gasteiger partial charge in [-0.2, -0.15) is 0 Å². The number of carbonyl (C=O) groups excluding carboxylic acids is 4. The SMILES string of the molecule is O=C1OC(=O)[C@H]2C3C(=O)OC(=O)[C@@H]2C13. The van der Waals surface area contributed by atoms with Crippen molar-refractivity contribution in [2.24, 2.45) is 23.7 Å². The molecule has 14 heavy (non-hydrogen) atoms. The molecule has 3 aliphatic heterocycles. The smallest absolute Gasteiger partial charge is 0.318 e. The first kappa shape index (κ1) is 7.66. The fourth-order valence-electron chi connectivity index (χ4n) is 2.39. The van der Waals surface area contributed by atoms with Crippen LogP contribution in [0.4, 0.5) is 0 Å². The van der Waals surface area contributed by atoms with Gasteiger partial charge in [0.15, 0.2) is 0 Å². The Kier molecular flexibility index (Phi) is 1.11. The zero-order chi connectivity index (χ0) is 10.0. The molecule has 4 bridgehead atoms. The molecule has 0 unspecified atom stereocenters. The molecule has 0 aromatic heterocycles. The van der Waals surface area contributed by atoms with Gasteiger partial charge >= 0.3 is 23.9 Å². The number of rotatable bonds is 0. The maximum Gasteiger partial charge on any atom is 0.318 e. The maximum atomic E-state index is 11.1. The maximum absolute atomic E-state index is 11.1. The second-order valence-corrected chi connectivity index (χ2v) is 3.58. The number of fused-ring (bicyclic) bond motifs is 2. The lowest BCUT2D eigenvalue weighted by atomic mass is 9.53. The molecule has 0 aromatic carbocycles. The minimum Gasteiger partial charge on any atom is -0.393 e. The van der Waals surface area contributed by atoms with Gasteiger partial charge in [-0.05, 0) is 0 Å². The summed E-state index contributed by atoms with van der Waals surface area (Å²) in [7, 11) is 0. The van der Waals surface area contributed by atoms with E-state index in [1.807, 2.05) is 0 Å². The van der Waals surface area contributed by atoms with Crippen LogP contribution in [-0.2, 0) is 28.7 Å². The van der Waals surface area contributed by atoms with E-state index in [9.17, 15) is 19.2 Å². The Morgan fingerprint density at radius 1 is 0.571 bits per heavy atom. The fraction of sp³-hybridized carbons (Fsp3) is 0.500. The van der Waals surface area contributed by atoms with Crippen LogP contribution in [0.15, 0.2) is 0 Å². The third-order valence-electron chi connectivity index (χ3n) is 3.04. The van der Waals surface area contributed by atoms with Crippen molar-refractivity contribution < 1.29 is 28.7 Å². The van der Waals surface area contributed by atoms with Crippen molar-refractivity contribution >= 4 is 23.9 Å². The van der Waals surface area contributed by atoms with Crippen molar-refractivity contribution in [1.82, 2.24) is 0 Å². The second-order valence-electron chi connectivity index (χ2n) is 3.58. The summed E-state index contributed by atoms with van der Waals surface area (Å²) < 4.78 is 8.69. The van der Waals surface area contributed by atoms with Crippen molar-refractivity contribution in [2.45, 2.75) is 0 Å². The van der Waals surface area contributed by atoms with Gasteiger partial charge in [-0.1, -0.05) is 0 Å². The third kappa shape index (κ3) is 0.604. The Bertz CT molecular complexity index is 315. The fourth-order valence-corrected chi connectivity index (χ4v) is 2.39. The first-order chi connectivity index (χ1) is 6.61. The molecule has 4 aliphatic rings. The standard InChI is InChI=1S/C8H4O6/c9-5-1-2-4(8(12)13-5)3(1)7(11)14-6(2)10/h1-4H/t1-,2+,3?,4?. The molecule has 0 amide bonds. The first-order valence-electron chi connectivity index (χ1n) is 4.12. The Balaban J connectivity index is 2.09. The van der Waals surface area contributed by atoms with Crippen LogP contribution in [0.25, 0.3) is 0 Å². The highest BCUT2D eigenvalue weighted by molar-refractivity contribution is 6.10. The molecule has 1 saturated carbocycles. The Morgan fingerprint density at radius 3 is 1.00 bits per heavy atom. The van der Waals surface area contributed by atoms with E-state index in [-0.39, 0.29) is 0 Å². The van der Waals surface area contributed by atoms with Gasteiger partial charge in [-0.25, -0.2) is 0 Å². The lowest BCUT2D eigenvalue weighted by Gasteiger charge is -2.51. The quantitative estimate of drug-likeness (QED) is 0.351. The molecule has 0 atom stereocenters. The molecule has 6 nitrogen and oxygen atoms in total. The van der Waals surface area contributed by atoms with Crippen molar-refractivity contribution in [3.05, 3.63) is 0 Å². The summed E-state index contributed by atoms with van der Waals surface area (Å²) in [6, 6.07) is 0. The van der Waals surface area contributed by atoms with Gasteiger partial charge in [-0.3, -0.25) is 19.2 Å². The highest BCUT2D eigenvalue weighted by atomic mass is 16.6. The lowest BCUT2D eigenvalue weighted by Crippen LogP contribution is -2.69. The number of cyclic esters (lactones) is 2. The van der Waals surface area contributed by atoms with Crippen molar-refractivity contribution in [1.29, 1.82) is 0 Å². The number of esters is 4. The Morgan fingerprint density at radius 2 is 0.786 bits per heavy atom.